The van der Waals surface area contributed by atoms with Gasteiger partial charge in [0, 0.05) is 25.7 Å². The van der Waals surface area contributed by atoms with Gasteiger partial charge in [-0.1, -0.05) is 325 Å². The first-order valence-corrected chi connectivity index (χ1v) is 41.7. The van der Waals surface area contributed by atoms with Crippen molar-refractivity contribution in [2.24, 2.45) is 23.7 Å². The van der Waals surface area contributed by atoms with Gasteiger partial charge in [-0.3, -0.25) is 37.3 Å². The molecule has 4 unspecified atom stereocenters. The maximum atomic E-state index is 13.0. The van der Waals surface area contributed by atoms with Crippen LogP contribution in [0.4, 0.5) is 0 Å². The smallest absolute Gasteiger partial charge is 0.462 e. The lowest BCUT2D eigenvalue weighted by Gasteiger charge is -2.21. The van der Waals surface area contributed by atoms with Crippen molar-refractivity contribution in [2.45, 2.75) is 395 Å². The van der Waals surface area contributed by atoms with Crippen molar-refractivity contribution in [2.75, 3.05) is 39.6 Å². The highest BCUT2D eigenvalue weighted by Gasteiger charge is 2.30. The fourth-order valence-electron chi connectivity index (χ4n) is 11.3. The molecule has 0 fully saturated rings. The summed E-state index contributed by atoms with van der Waals surface area (Å²) in [4.78, 5) is 72.7. The second-order valence-electron chi connectivity index (χ2n) is 28.7. The van der Waals surface area contributed by atoms with Crippen LogP contribution in [0, 0.1) is 23.7 Å². The first kappa shape index (κ1) is 92.1. The highest BCUT2D eigenvalue weighted by molar-refractivity contribution is 7.47. The number of carbonyl (C=O) groups is 4. The predicted molar refractivity (Wildman–Crippen MR) is 381 cm³/mol. The van der Waals surface area contributed by atoms with Crippen LogP contribution in [0.3, 0.4) is 0 Å². The van der Waals surface area contributed by atoms with Crippen LogP contribution < -0.4 is 0 Å². The number of phosphoric ester groups is 2. The molecule has 0 spiro atoms. The molecule has 0 saturated heterocycles. The number of hydrogen-bond donors (Lipinski definition) is 3. The SMILES string of the molecule is CCC(C)CCCCCCCCC(=O)O[C@H](COC(=O)CCCCCCCCCCCCCCCC(C)C)COP(=O)(O)OCC(O)COP(=O)(O)OC[C@@H](COC(=O)CCCCCCCCC(C)C)OC(=O)CCCCCCCCCCCCCCCCCCC(C)C. The summed E-state index contributed by atoms with van der Waals surface area (Å²) in [6, 6.07) is 0. The van der Waals surface area contributed by atoms with Crippen molar-refractivity contribution in [1.29, 1.82) is 0 Å². The molecule has 0 radical (unpaired) electrons. The highest BCUT2D eigenvalue weighted by atomic mass is 31.2. The molecule has 3 N–H and O–H groups in total. The minimum absolute atomic E-state index is 0.103. The van der Waals surface area contributed by atoms with Crippen molar-refractivity contribution < 1.29 is 80.2 Å². The van der Waals surface area contributed by atoms with Gasteiger partial charge >= 0.3 is 39.5 Å². The zero-order valence-electron chi connectivity index (χ0n) is 61.6. The van der Waals surface area contributed by atoms with Crippen molar-refractivity contribution in [3.05, 3.63) is 0 Å². The van der Waals surface area contributed by atoms with Crippen LogP contribution in [0.5, 0.6) is 0 Å². The Bertz CT molecular complexity index is 1850. The highest BCUT2D eigenvalue weighted by Crippen LogP contribution is 2.45. The van der Waals surface area contributed by atoms with E-state index in [2.05, 4.69) is 55.4 Å². The van der Waals surface area contributed by atoms with Crippen molar-refractivity contribution in [3.8, 4) is 0 Å². The van der Waals surface area contributed by atoms with Crippen LogP contribution in [-0.2, 0) is 65.4 Å². The van der Waals surface area contributed by atoms with Gasteiger partial charge in [0.25, 0.3) is 0 Å². The van der Waals surface area contributed by atoms with E-state index in [9.17, 15) is 43.2 Å². The Hall–Kier alpha value is -1.94. The molecule has 0 saturated carbocycles. The molecule has 19 heteroatoms. The zero-order chi connectivity index (χ0) is 69.6. The van der Waals surface area contributed by atoms with E-state index in [1.807, 2.05) is 0 Å². The topological polar surface area (TPSA) is 237 Å². The molecule has 0 aromatic heterocycles. The average Bonchev–Trinajstić information content (AvgIpc) is 1.59. The van der Waals surface area contributed by atoms with E-state index < -0.39 is 97.5 Å². The fraction of sp³-hybridized carbons (Fsp3) is 0.947. The van der Waals surface area contributed by atoms with E-state index in [0.29, 0.717) is 31.6 Å². The minimum atomic E-state index is -4.95. The number of esters is 4. The third-order valence-electron chi connectivity index (χ3n) is 17.7. The first-order valence-electron chi connectivity index (χ1n) is 38.7. The summed E-state index contributed by atoms with van der Waals surface area (Å²) >= 11 is 0. The molecular formula is C75H146O17P2. The molecule has 558 valence electrons. The van der Waals surface area contributed by atoms with Crippen LogP contribution >= 0.6 is 15.6 Å². The second-order valence-corrected chi connectivity index (χ2v) is 31.6. The Morgan fingerprint density at radius 3 is 0.755 bits per heavy atom. The average molecular weight is 1380 g/mol. The Labute approximate surface area is 575 Å². The Balaban J connectivity index is 5.17. The lowest BCUT2D eigenvalue weighted by Crippen LogP contribution is -2.30. The van der Waals surface area contributed by atoms with Crippen molar-refractivity contribution >= 4 is 39.5 Å². The predicted octanol–water partition coefficient (Wildman–Crippen LogP) is 21.7. The van der Waals surface area contributed by atoms with Gasteiger partial charge in [0.05, 0.1) is 26.4 Å². The summed E-state index contributed by atoms with van der Waals surface area (Å²) in [5.74, 6) is 0.873. The molecule has 0 bridgehead atoms. The summed E-state index contributed by atoms with van der Waals surface area (Å²) in [5.41, 5.74) is 0. The summed E-state index contributed by atoms with van der Waals surface area (Å²) in [5, 5.41) is 10.6. The molecule has 17 nitrogen and oxygen atoms in total. The summed E-state index contributed by atoms with van der Waals surface area (Å²) in [6.07, 6.45) is 48.9. The third kappa shape index (κ3) is 67.3. The molecule has 0 amide bonds. The van der Waals surface area contributed by atoms with Crippen molar-refractivity contribution in [3.63, 3.8) is 0 Å². The maximum absolute atomic E-state index is 13.0. The molecule has 0 aliphatic heterocycles. The molecule has 6 atom stereocenters. The number of aliphatic hydroxyl groups is 1. The second kappa shape index (κ2) is 64.4. The number of phosphoric acid groups is 2. The van der Waals surface area contributed by atoms with Crippen LogP contribution in [0.15, 0.2) is 0 Å². The van der Waals surface area contributed by atoms with Gasteiger partial charge in [0.15, 0.2) is 12.2 Å². The van der Waals surface area contributed by atoms with Gasteiger partial charge in [-0.15, -0.1) is 0 Å². The standard InChI is InChI=1S/C75H146O17P2/c1-9-68(8)54-46-38-32-34-42-50-58-75(80)92-71(61-85-72(77)55-47-39-29-25-21-18-14-16-20-24-28-36-44-52-66(4)5)64-90-94(83,84)88-60-69(76)59-87-93(81,82)89-63-70(62-86-73(78)56-48-40-33-31-37-45-53-67(6)7)91-74(79)57-49-41-30-26-22-17-13-11-10-12-15-19-23-27-35-43-51-65(2)3/h65-71,76H,9-64H2,1-8H3,(H,81,82)(H,83,84)/t68?,69?,70-,71-/m1/s1. The molecule has 0 aliphatic carbocycles. The quantitative estimate of drug-likeness (QED) is 0.0222. The number of rotatable bonds is 72. The number of aliphatic hydroxyl groups excluding tert-OH is 1. The molecule has 0 rings (SSSR count). The van der Waals surface area contributed by atoms with Gasteiger partial charge in [-0.25, -0.2) is 9.13 Å². The molecule has 94 heavy (non-hydrogen) atoms. The zero-order valence-corrected chi connectivity index (χ0v) is 63.4. The lowest BCUT2D eigenvalue weighted by molar-refractivity contribution is -0.161. The monoisotopic (exact) mass is 1380 g/mol. The van der Waals surface area contributed by atoms with Crippen LogP contribution in [0.2, 0.25) is 0 Å². The van der Waals surface area contributed by atoms with E-state index in [1.165, 1.54) is 173 Å². The van der Waals surface area contributed by atoms with Gasteiger partial charge in [0.2, 0.25) is 0 Å². The van der Waals surface area contributed by atoms with Gasteiger partial charge in [0.1, 0.15) is 19.3 Å². The summed E-state index contributed by atoms with van der Waals surface area (Å²) < 4.78 is 68.4. The molecule has 0 aliphatic rings. The maximum Gasteiger partial charge on any atom is 0.472 e. The number of hydrogen-bond acceptors (Lipinski definition) is 15. The van der Waals surface area contributed by atoms with E-state index in [0.717, 1.165) is 114 Å². The fourth-order valence-corrected chi connectivity index (χ4v) is 12.9. The normalized spacial score (nSPS) is 14.4. The van der Waals surface area contributed by atoms with E-state index >= 15 is 0 Å². The van der Waals surface area contributed by atoms with Crippen LogP contribution in [0.1, 0.15) is 376 Å². The number of carbonyl (C=O) groups excluding carboxylic acids is 4. The van der Waals surface area contributed by atoms with Crippen LogP contribution in [-0.4, -0.2) is 96.7 Å². The van der Waals surface area contributed by atoms with Crippen LogP contribution in [0.25, 0.3) is 0 Å². The summed E-state index contributed by atoms with van der Waals surface area (Å²) in [7, 11) is -9.91. The van der Waals surface area contributed by atoms with E-state index in [1.54, 1.807) is 0 Å². The van der Waals surface area contributed by atoms with E-state index in [-0.39, 0.29) is 25.7 Å². The number of unbranched alkanes of at least 4 members (excludes halogenated alkanes) is 37. The lowest BCUT2D eigenvalue weighted by atomic mass is 10.00. The molecule has 0 aromatic carbocycles. The Kier molecular flexibility index (Phi) is 63.1. The van der Waals surface area contributed by atoms with Gasteiger partial charge < -0.3 is 33.8 Å². The van der Waals surface area contributed by atoms with E-state index in [4.69, 9.17) is 37.0 Å². The van der Waals surface area contributed by atoms with Gasteiger partial charge in [-0.2, -0.15) is 0 Å². The largest absolute Gasteiger partial charge is 0.472 e. The molecule has 0 aromatic rings. The van der Waals surface area contributed by atoms with Crippen molar-refractivity contribution in [1.82, 2.24) is 0 Å². The Morgan fingerprint density at radius 1 is 0.298 bits per heavy atom. The summed E-state index contributed by atoms with van der Waals surface area (Å²) in [6.45, 7) is 14.1. The number of ether oxygens (including phenoxy) is 4. The molecule has 0 heterocycles. The van der Waals surface area contributed by atoms with Gasteiger partial charge in [-0.05, 0) is 49.4 Å². The molecular weight excluding hydrogens is 1230 g/mol. The minimum Gasteiger partial charge on any atom is -0.462 e. The first-order chi connectivity index (χ1) is 45.1. The third-order valence-corrected chi connectivity index (χ3v) is 19.6. The Morgan fingerprint density at radius 2 is 0.511 bits per heavy atom.